The molecule has 1 amide bonds. The summed E-state index contributed by atoms with van der Waals surface area (Å²) in [7, 11) is 0. The highest BCUT2D eigenvalue weighted by atomic mass is 32.1. The van der Waals surface area contributed by atoms with Crippen molar-refractivity contribution in [3.05, 3.63) is 45.6 Å². The first-order valence-electron chi connectivity index (χ1n) is 6.39. The van der Waals surface area contributed by atoms with Crippen molar-refractivity contribution in [2.45, 2.75) is 12.5 Å². The minimum Gasteiger partial charge on any atom is -0.391 e. The van der Waals surface area contributed by atoms with E-state index in [1.54, 1.807) is 12.1 Å². The minimum absolute atomic E-state index is 0.124. The molecule has 2 aromatic heterocycles. The fourth-order valence-corrected chi connectivity index (χ4v) is 3.02. The summed E-state index contributed by atoms with van der Waals surface area (Å²) < 4.78 is 0. The molecule has 0 aromatic carbocycles. The fourth-order valence-electron chi connectivity index (χ4n) is 2.31. The predicted octanol–water partition coefficient (Wildman–Crippen LogP) is 1.31. The molecule has 3 rings (SSSR count). The molecule has 0 spiro atoms. The van der Waals surface area contributed by atoms with Crippen molar-refractivity contribution in [1.82, 2.24) is 9.88 Å². The van der Waals surface area contributed by atoms with E-state index in [0.717, 1.165) is 4.88 Å². The van der Waals surface area contributed by atoms with Crippen molar-refractivity contribution in [3.63, 3.8) is 0 Å². The Morgan fingerprint density at radius 2 is 2.25 bits per heavy atom. The molecule has 0 aliphatic carbocycles. The van der Waals surface area contributed by atoms with Gasteiger partial charge in [0.1, 0.15) is 5.56 Å². The number of carbonyl (C=O) groups excluding carboxylic acids is 1. The number of aromatic nitrogens is 1. The minimum atomic E-state index is -0.483. The number of H-pyrrole nitrogens is 1. The molecule has 1 saturated heterocycles. The van der Waals surface area contributed by atoms with E-state index in [4.69, 9.17) is 0 Å². The van der Waals surface area contributed by atoms with Crippen molar-refractivity contribution in [1.29, 1.82) is 0 Å². The van der Waals surface area contributed by atoms with Gasteiger partial charge in [-0.05, 0) is 30.0 Å². The predicted molar refractivity (Wildman–Crippen MR) is 76.9 cm³/mol. The van der Waals surface area contributed by atoms with E-state index >= 15 is 0 Å². The number of nitrogens with one attached hydrogen (secondary N) is 1. The SMILES string of the molecule is O=C(c1ccc(-c2cccs2)[nH]c1=O)N1CC[C@@H](O)C1. The maximum Gasteiger partial charge on any atom is 0.261 e. The monoisotopic (exact) mass is 290 g/mol. The summed E-state index contributed by atoms with van der Waals surface area (Å²) in [6.45, 7) is 0.789. The van der Waals surface area contributed by atoms with Crippen LogP contribution in [0.1, 0.15) is 16.8 Å². The van der Waals surface area contributed by atoms with E-state index in [9.17, 15) is 14.7 Å². The van der Waals surface area contributed by atoms with Gasteiger partial charge in [-0.2, -0.15) is 0 Å². The summed E-state index contributed by atoms with van der Waals surface area (Å²) >= 11 is 1.53. The molecule has 1 aliphatic rings. The van der Waals surface area contributed by atoms with Gasteiger partial charge in [0.15, 0.2) is 0 Å². The Hall–Kier alpha value is -1.92. The number of rotatable bonds is 2. The number of thiophene rings is 1. The van der Waals surface area contributed by atoms with Gasteiger partial charge in [-0.25, -0.2) is 0 Å². The van der Waals surface area contributed by atoms with Crippen LogP contribution in [0.15, 0.2) is 34.4 Å². The third-order valence-corrected chi connectivity index (χ3v) is 4.28. The zero-order valence-corrected chi connectivity index (χ0v) is 11.5. The molecular formula is C14H14N2O3S. The molecular weight excluding hydrogens is 276 g/mol. The lowest BCUT2D eigenvalue weighted by atomic mass is 10.2. The molecule has 1 atom stereocenters. The highest BCUT2D eigenvalue weighted by molar-refractivity contribution is 7.13. The number of hydrogen-bond acceptors (Lipinski definition) is 4. The molecule has 20 heavy (non-hydrogen) atoms. The number of pyridine rings is 1. The average molecular weight is 290 g/mol. The number of β-amino-alcohol motifs (C(OH)–C–C–N with tert-alkyl or cyclic N) is 1. The van der Waals surface area contributed by atoms with Crippen molar-refractivity contribution >= 4 is 17.2 Å². The second kappa shape index (κ2) is 5.22. The van der Waals surface area contributed by atoms with Crippen LogP contribution in [0, 0.1) is 0 Å². The van der Waals surface area contributed by atoms with Crippen molar-refractivity contribution < 1.29 is 9.90 Å². The number of amides is 1. The summed E-state index contributed by atoms with van der Waals surface area (Å²) in [5.41, 5.74) is 0.449. The molecule has 0 radical (unpaired) electrons. The van der Waals surface area contributed by atoms with Crippen molar-refractivity contribution in [2.24, 2.45) is 0 Å². The normalized spacial score (nSPS) is 18.4. The van der Waals surface area contributed by atoms with Gasteiger partial charge in [0.05, 0.1) is 16.7 Å². The Bertz CT molecular complexity index is 678. The largest absolute Gasteiger partial charge is 0.391 e. The third kappa shape index (κ3) is 2.39. The van der Waals surface area contributed by atoms with Crippen LogP contribution in [-0.4, -0.2) is 40.1 Å². The molecule has 0 saturated carbocycles. The first kappa shape index (κ1) is 13.1. The Labute approximate surface area is 119 Å². The standard InChI is InChI=1S/C14H14N2O3S/c17-9-5-6-16(8-9)14(19)10-3-4-11(15-13(10)18)12-2-1-7-20-12/h1-4,7,9,17H,5-6,8H2,(H,15,18)/t9-/m1/s1. The highest BCUT2D eigenvalue weighted by Gasteiger charge is 2.26. The van der Waals surface area contributed by atoms with E-state index < -0.39 is 6.10 Å². The summed E-state index contributed by atoms with van der Waals surface area (Å²) in [6.07, 6.45) is 0.0835. The Morgan fingerprint density at radius 1 is 1.40 bits per heavy atom. The average Bonchev–Trinajstić information content (AvgIpc) is 3.09. The summed E-state index contributed by atoms with van der Waals surface area (Å²) in [6, 6.07) is 7.12. The number of aromatic amines is 1. The summed E-state index contributed by atoms with van der Waals surface area (Å²) in [5.74, 6) is -0.319. The maximum atomic E-state index is 12.2. The Balaban J connectivity index is 1.88. The van der Waals surface area contributed by atoms with Crippen LogP contribution in [0.5, 0.6) is 0 Å². The van der Waals surface area contributed by atoms with Gasteiger partial charge in [0.25, 0.3) is 11.5 Å². The third-order valence-electron chi connectivity index (χ3n) is 3.38. The molecule has 6 heteroatoms. The van der Waals surface area contributed by atoms with Crippen LogP contribution < -0.4 is 5.56 Å². The highest BCUT2D eigenvalue weighted by Crippen LogP contribution is 2.21. The van der Waals surface area contributed by atoms with E-state index in [1.165, 1.54) is 16.2 Å². The van der Waals surface area contributed by atoms with Gasteiger partial charge in [-0.3, -0.25) is 9.59 Å². The van der Waals surface area contributed by atoms with Crippen LogP contribution >= 0.6 is 11.3 Å². The van der Waals surface area contributed by atoms with Crippen LogP contribution in [0.4, 0.5) is 0 Å². The first-order valence-corrected chi connectivity index (χ1v) is 7.27. The Morgan fingerprint density at radius 3 is 2.85 bits per heavy atom. The van der Waals surface area contributed by atoms with Crippen LogP contribution in [0.25, 0.3) is 10.6 Å². The first-order chi connectivity index (χ1) is 9.65. The zero-order valence-electron chi connectivity index (χ0n) is 10.7. The van der Waals surface area contributed by atoms with Gasteiger partial charge in [-0.1, -0.05) is 6.07 Å². The number of carbonyl (C=O) groups is 1. The number of nitrogens with zero attached hydrogens (tertiary/aromatic N) is 1. The summed E-state index contributed by atoms with van der Waals surface area (Å²) in [4.78, 5) is 29.5. The van der Waals surface area contributed by atoms with Gasteiger partial charge in [-0.15, -0.1) is 11.3 Å². The number of aliphatic hydroxyl groups excluding tert-OH is 1. The van der Waals surface area contributed by atoms with Gasteiger partial charge in [0, 0.05) is 13.1 Å². The molecule has 3 heterocycles. The lowest BCUT2D eigenvalue weighted by Gasteiger charge is -2.14. The smallest absolute Gasteiger partial charge is 0.261 e. The number of aliphatic hydroxyl groups is 1. The topological polar surface area (TPSA) is 73.4 Å². The van der Waals surface area contributed by atoms with Gasteiger partial charge in [0.2, 0.25) is 0 Å². The quantitative estimate of drug-likeness (QED) is 0.876. The second-order valence-corrected chi connectivity index (χ2v) is 5.73. The molecule has 104 valence electrons. The Kier molecular flexibility index (Phi) is 3.42. The lowest BCUT2D eigenvalue weighted by Crippen LogP contribution is -2.33. The van der Waals surface area contributed by atoms with Crippen LogP contribution in [-0.2, 0) is 0 Å². The van der Waals surface area contributed by atoms with E-state index in [1.807, 2.05) is 17.5 Å². The molecule has 2 N–H and O–H groups in total. The molecule has 0 bridgehead atoms. The molecule has 2 aromatic rings. The molecule has 1 aliphatic heterocycles. The lowest BCUT2D eigenvalue weighted by molar-refractivity contribution is 0.0763. The molecule has 0 unspecified atom stereocenters. The molecule has 1 fully saturated rings. The zero-order chi connectivity index (χ0) is 14.1. The fraction of sp³-hybridized carbons (Fsp3) is 0.286. The van der Waals surface area contributed by atoms with E-state index in [-0.39, 0.29) is 17.0 Å². The van der Waals surface area contributed by atoms with Gasteiger partial charge < -0.3 is 15.0 Å². The van der Waals surface area contributed by atoms with Crippen molar-refractivity contribution in [3.8, 4) is 10.6 Å². The van der Waals surface area contributed by atoms with Crippen molar-refractivity contribution in [2.75, 3.05) is 13.1 Å². The van der Waals surface area contributed by atoms with E-state index in [0.29, 0.717) is 25.2 Å². The van der Waals surface area contributed by atoms with Crippen LogP contribution in [0.3, 0.4) is 0 Å². The second-order valence-electron chi connectivity index (χ2n) is 4.79. The number of hydrogen-bond donors (Lipinski definition) is 2. The van der Waals surface area contributed by atoms with Crippen LogP contribution in [0.2, 0.25) is 0 Å². The van der Waals surface area contributed by atoms with E-state index in [2.05, 4.69) is 4.98 Å². The maximum absolute atomic E-state index is 12.2. The molecule has 5 nitrogen and oxygen atoms in total. The number of likely N-dealkylation sites (tertiary alicyclic amines) is 1. The van der Waals surface area contributed by atoms with Gasteiger partial charge >= 0.3 is 0 Å². The summed E-state index contributed by atoms with van der Waals surface area (Å²) in [5, 5.41) is 11.4.